The van der Waals surface area contributed by atoms with Crippen LogP contribution in [0.15, 0.2) is 29.5 Å². The van der Waals surface area contributed by atoms with Crippen LogP contribution < -0.4 is 0 Å². The lowest BCUT2D eigenvalue weighted by molar-refractivity contribution is -0.130. The quantitative estimate of drug-likeness (QED) is 0.573. The fourth-order valence-corrected chi connectivity index (χ4v) is 3.29. The molecule has 1 aromatic rings. The van der Waals surface area contributed by atoms with Crippen molar-refractivity contribution in [2.45, 2.75) is 32.2 Å². The molecule has 0 saturated carbocycles. The van der Waals surface area contributed by atoms with Gasteiger partial charge < -0.3 is 4.90 Å². The first-order valence-corrected chi connectivity index (χ1v) is 9.82. The summed E-state index contributed by atoms with van der Waals surface area (Å²) in [5.74, 6) is -0.524. The lowest BCUT2D eigenvalue weighted by atomic mass is 10.2. The van der Waals surface area contributed by atoms with Crippen molar-refractivity contribution in [3.05, 3.63) is 24.5 Å². The van der Waals surface area contributed by atoms with Crippen LogP contribution in [0, 0.1) is 5.41 Å². The summed E-state index contributed by atoms with van der Waals surface area (Å²) in [5, 5.41) is 7.41. The van der Waals surface area contributed by atoms with Gasteiger partial charge >= 0.3 is 0 Å². The van der Waals surface area contributed by atoms with Crippen molar-refractivity contribution >= 4 is 45.4 Å². The number of halogens is 3. The molecule has 0 saturated heterocycles. The van der Waals surface area contributed by atoms with E-state index in [4.69, 9.17) is 17.0 Å². The Morgan fingerprint density at radius 2 is 2.23 bits per heavy atom. The van der Waals surface area contributed by atoms with E-state index in [1.165, 1.54) is 17.3 Å². The normalized spacial score (nSPS) is 13.7. The molecule has 1 heterocycles. The van der Waals surface area contributed by atoms with E-state index in [-0.39, 0.29) is 35.5 Å². The van der Waals surface area contributed by atoms with Gasteiger partial charge in [0.15, 0.2) is 0 Å². The summed E-state index contributed by atoms with van der Waals surface area (Å²) in [6.45, 7) is 1.98. The smallest absolute Gasteiger partial charge is 0.239 e. The van der Waals surface area contributed by atoms with E-state index < -0.39 is 29.7 Å². The topological polar surface area (TPSA) is 86.5 Å². The number of hydrogen-bond donors (Lipinski definition) is 1. The molecule has 2 atom stereocenters. The van der Waals surface area contributed by atoms with Crippen LogP contribution in [-0.4, -0.2) is 61.9 Å². The zero-order chi connectivity index (χ0) is 19.5. The summed E-state index contributed by atoms with van der Waals surface area (Å²) in [7, 11) is -1.49. The first-order valence-electron chi connectivity index (χ1n) is 7.95. The summed E-state index contributed by atoms with van der Waals surface area (Å²) in [6.07, 6.45) is 1.45. The average molecular weight is 407 g/mol. The largest absolute Gasteiger partial charge is 0.328 e. The van der Waals surface area contributed by atoms with Crippen molar-refractivity contribution in [3.8, 4) is 0 Å². The minimum absolute atomic E-state index is 0.00978. The Morgan fingerprint density at radius 1 is 1.50 bits per heavy atom. The second-order valence-corrected chi connectivity index (χ2v) is 7.34. The zero-order valence-electron chi connectivity index (χ0n) is 14.3. The lowest BCUT2D eigenvalue weighted by Gasteiger charge is -2.26. The van der Waals surface area contributed by atoms with Crippen LogP contribution >= 0.6 is 11.6 Å². The number of carbonyl (C=O) groups is 1. The molecular formula is C16H21ClF2N4O2S. The van der Waals surface area contributed by atoms with Crippen molar-refractivity contribution in [2.75, 3.05) is 18.1 Å². The maximum absolute atomic E-state index is 12.4. The minimum atomic E-state index is -2.51. The number of aromatic nitrogens is 1. The summed E-state index contributed by atoms with van der Waals surface area (Å²) < 4.78 is 35.9. The summed E-state index contributed by atoms with van der Waals surface area (Å²) in [5.41, 5.74) is 0.548. The van der Waals surface area contributed by atoms with Gasteiger partial charge in [-0.15, -0.1) is 0 Å². The number of amides is 1. The highest BCUT2D eigenvalue weighted by atomic mass is 35.5. The number of aliphatic imine (C=N–C) groups is 1. The van der Waals surface area contributed by atoms with Crippen LogP contribution in [0.4, 0.5) is 14.5 Å². The van der Waals surface area contributed by atoms with E-state index in [2.05, 4.69) is 9.98 Å². The second-order valence-electron chi connectivity index (χ2n) is 5.24. The van der Waals surface area contributed by atoms with E-state index >= 15 is 0 Å². The van der Waals surface area contributed by atoms with Gasteiger partial charge in [0.1, 0.15) is 11.2 Å². The highest BCUT2D eigenvalue weighted by molar-refractivity contribution is 7.84. The molecule has 1 rings (SSSR count). The van der Waals surface area contributed by atoms with Crippen molar-refractivity contribution in [3.63, 3.8) is 0 Å². The molecule has 0 aliphatic carbocycles. The maximum Gasteiger partial charge on any atom is 0.239 e. The zero-order valence-corrected chi connectivity index (χ0v) is 15.8. The molecule has 2 unspecified atom stereocenters. The number of pyridine rings is 1. The Kier molecular flexibility index (Phi) is 10.1. The van der Waals surface area contributed by atoms with Crippen LogP contribution in [0.3, 0.4) is 0 Å². The van der Waals surface area contributed by atoms with Gasteiger partial charge in [0.25, 0.3) is 0 Å². The molecule has 0 fully saturated rings. The monoisotopic (exact) mass is 406 g/mol. The average Bonchev–Trinajstić information content (AvgIpc) is 2.61. The number of alkyl halides is 2. The first kappa shape index (κ1) is 22.3. The molecule has 10 heteroatoms. The van der Waals surface area contributed by atoms with E-state index in [0.717, 1.165) is 0 Å². The Morgan fingerprint density at radius 3 is 2.77 bits per heavy atom. The maximum atomic E-state index is 12.4. The third-order valence-electron chi connectivity index (χ3n) is 3.37. The standard InChI is InChI=1S/C16H21ClF2N4O2S/c1-2-23(15(24)6-9-26(25)8-5-14(18)19)13(16(17)20)11-22-12-4-3-7-21-10-12/h3-4,7,10-11,13-14,20H,2,5-6,8-9H2,1H3. The van der Waals surface area contributed by atoms with Crippen LogP contribution in [0.25, 0.3) is 0 Å². The number of hydrogen-bond acceptors (Lipinski definition) is 5. The van der Waals surface area contributed by atoms with Gasteiger partial charge in [-0.05, 0) is 19.1 Å². The molecule has 144 valence electrons. The minimum Gasteiger partial charge on any atom is -0.328 e. The van der Waals surface area contributed by atoms with Gasteiger partial charge in [-0.1, -0.05) is 11.6 Å². The van der Waals surface area contributed by atoms with Crippen molar-refractivity contribution in [2.24, 2.45) is 4.99 Å². The molecule has 0 spiro atoms. The van der Waals surface area contributed by atoms with Gasteiger partial charge in [0.05, 0.1) is 11.9 Å². The molecule has 1 aromatic heterocycles. The van der Waals surface area contributed by atoms with Crippen molar-refractivity contribution < 1.29 is 17.8 Å². The highest BCUT2D eigenvalue weighted by Gasteiger charge is 2.24. The van der Waals surface area contributed by atoms with Crippen LogP contribution in [0.1, 0.15) is 19.8 Å². The number of rotatable bonds is 11. The van der Waals surface area contributed by atoms with Gasteiger partial charge in [-0.3, -0.25) is 24.4 Å². The SMILES string of the molecule is CCN(C(=O)CCS(=O)CCC(F)F)C(C=Nc1cccnc1)C(=N)Cl. The van der Waals surface area contributed by atoms with Gasteiger partial charge in [0, 0.05) is 54.1 Å². The van der Waals surface area contributed by atoms with Crippen LogP contribution in [-0.2, 0) is 15.6 Å². The van der Waals surface area contributed by atoms with E-state index in [1.807, 2.05) is 0 Å². The Hall–Kier alpha value is -1.74. The second kappa shape index (κ2) is 11.8. The third-order valence-corrected chi connectivity index (χ3v) is 4.95. The van der Waals surface area contributed by atoms with Crippen LogP contribution in [0.5, 0.6) is 0 Å². The van der Waals surface area contributed by atoms with Gasteiger partial charge in [-0.2, -0.15) is 0 Å². The molecule has 1 N–H and O–H groups in total. The highest BCUT2D eigenvalue weighted by Crippen LogP contribution is 2.11. The Bertz CT molecular complexity index is 646. The van der Waals surface area contributed by atoms with Crippen LogP contribution in [0.2, 0.25) is 0 Å². The Labute approximate surface area is 158 Å². The molecular weight excluding hydrogens is 386 g/mol. The lowest BCUT2D eigenvalue weighted by Crippen LogP contribution is -2.44. The number of carbonyl (C=O) groups excluding carboxylic acids is 1. The van der Waals surface area contributed by atoms with Gasteiger partial charge in [0.2, 0.25) is 12.3 Å². The molecule has 0 aromatic carbocycles. The predicted octanol–water partition coefficient (Wildman–Crippen LogP) is 3.01. The molecule has 26 heavy (non-hydrogen) atoms. The molecule has 6 nitrogen and oxygen atoms in total. The predicted molar refractivity (Wildman–Crippen MR) is 100 cm³/mol. The molecule has 0 radical (unpaired) electrons. The Balaban J connectivity index is 2.71. The first-order chi connectivity index (χ1) is 12.3. The fraction of sp³-hybridized carbons (Fsp3) is 0.500. The van der Waals surface area contributed by atoms with Gasteiger partial charge in [-0.25, -0.2) is 8.78 Å². The molecule has 1 amide bonds. The van der Waals surface area contributed by atoms with Crippen molar-refractivity contribution in [1.29, 1.82) is 5.41 Å². The molecule has 0 aliphatic rings. The van der Waals surface area contributed by atoms with E-state index in [9.17, 15) is 17.8 Å². The number of nitrogens with one attached hydrogen (secondary N) is 1. The van der Waals surface area contributed by atoms with Crippen molar-refractivity contribution in [1.82, 2.24) is 9.88 Å². The van der Waals surface area contributed by atoms with E-state index in [1.54, 1.807) is 25.3 Å². The molecule has 0 bridgehead atoms. The summed E-state index contributed by atoms with van der Waals surface area (Å²) >= 11 is 5.81. The molecule has 0 aliphatic heterocycles. The third kappa shape index (κ3) is 8.09. The summed E-state index contributed by atoms with van der Waals surface area (Å²) in [6, 6.07) is 2.55. The number of nitrogens with zero attached hydrogens (tertiary/aromatic N) is 3. The van der Waals surface area contributed by atoms with E-state index in [0.29, 0.717) is 5.69 Å². The summed E-state index contributed by atoms with van der Waals surface area (Å²) in [4.78, 5) is 21.8. The fourth-order valence-electron chi connectivity index (χ4n) is 2.07.